The normalized spacial score (nSPS) is 17.2. The summed E-state index contributed by atoms with van der Waals surface area (Å²) in [4.78, 5) is 25.3. The third-order valence-corrected chi connectivity index (χ3v) is 7.60. The standard InChI is InChI=1S/C23H27N3O4S/c1-16-8-11-20(31(29,30)26-12-3-2-4-13-26)15-21(16)23(28)25-19-7-5-6-17(14-19)22(27)24-18-9-10-18/h5-8,11,14-15,18H,2-4,9-10,12-13H2,1H3,(H,24,27)(H,25,28). The van der Waals surface area contributed by atoms with Crippen molar-refractivity contribution in [1.82, 2.24) is 9.62 Å². The number of hydrogen-bond donors (Lipinski definition) is 2. The molecule has 2 fully saturated rings. The zero-order chi connectivity index (χ0) is 22.0. The van der Waals surface area contributed by atoms with E-state index in [2.05, 4.69) is 10.6 Å². The van der Waals surface area contributed by atoms with Crippen molar-refractivity contribution >= 4 is 27.5 Å². The maximum Gasteiger partial charge on any atom is 0.255 e. The first-order valence-corrected chi connectivity index (χ1v) is 12.1. The second-order valence-electron chi connectivity index (χ2n) is 8.22. The average molecular weight is 442 g/mol. The Morgan fingerprint density at radius 3 is 2.42 bits per heavy atom. The van der Waals surface area contributed by atoms with E-state index in [0.717, 1.165) is 32.1 Å². The maximum atomic E-state index is 13.0. The molecule has 2 aromatic carbocycles. The van der Waals surface area contributed by atoms with Gasteiger partial charge < -0.3 is 10.6 Å². The fraction of sp³-hybridized carbons (Fsp3) is 0.391. The molecule has 164 valence electrons. The van der Waals surface area contributed by atoms with Crippen LogP contribution in [0, 0.1) is 6.92 Å². The molecule has 8 heteroatoms. The highest BCUT2D eigenvalue weighted by Crippen LogP contribution is 2.24. The topological polar surface area (TPSA) is 95.6 Å². The third-order valence-electron chi connectivity index (χ3n) is 5.70. The first kappa shape index (κ1) is 21.5. The lowest BCUT2D eigenvalue weighted by atomic mass is 10.1. The first-order chi connectivity index (χ1) is 14.8. The zero-order valence-corrected chi connectivity index (χ0v) is 18.4. The number of carbonyl (C=O) groups excluding carboxylic acids is 2. The molecule has 1 aliphatic carbocycles. The number of piperidine rings is 1. The molecule has 31 heavy (non-hydrogen) atoms. The molecule has 2 aromatic rings. The molecule has 1 heterocycles. The van der Waals surface area contributed by atoms with Crippen molar-refractivity contribution in [1.29, 1.82) is 0 Å². The minimum atomic E-state index is -3.63. The van der Waals surface area contributed by atoms with Crippen molar-refractivity contribution in [3.05, 3.63) is 59.2 Å². The van der Waals surface area contributed by atoms with Crippen molar-refractivity contribution in [3.63, 3.8) is 0 Å². The van der Waals surface area contributed by atoms with Gasteiger partial charge in [-0.2, -0.15) is 4.31 Å². The Morgan fingerprint density at radius 2 is 1.71 bits per heavy atom. The number of nitrogens with zero attached hydrogens (tertiary/aromatic N) is 1. The second kappa shape index (κ2) is 8.80. The number of aryl methyl sites for hydroxylation is 1. The van der Waals surface area contributed by atoms with Gasteiger partial charge in [-0.1, -0.05) is 18.6 Å². The van der Waals surface area contributed by atoms with Gasteiger partial charge in [0.2, 0.25) is 10.0 Å². The molecule has 0 atom stereocenters. The van der Waals surface area contributed by atoms with Gasteiger partial charge in [-0.3, -0.25) is 9.59 Å². The van der Waals surface area contributed by atoms with Crippen LogP contribution >= 0.6 is 0 Å². The predicted molar refractivity (Wildman–Crippen MR) is 119 cm³/mol. The Bertz CT molecular complexity index is 1100. The Kier molecular flexibility index (Phi) is 6.11. The molecule has 0 unspecified atom stereocenters. The van der Waals surface area contributed by atoms with E-state index >= 15 is 0 Å². The van der Waals surface area contributed by atoms with Crippen LogP contribution in [0.4, 0.5) is 5.69 Å². The highest BCUT2D eigenvalue weighted by Gasteiger charge is 2.27. The summed E-state index contributed by atoms with van der Waals surface area (Å²) in [6, 6.07) is 11.6. The van der Waals surface area contributed by atoms with Gasteiger partial charge in [0, 0.05) is 35.9 Å². The first-order valence-electron chi connectivity index (χ1n) is 10.7. The summed E-state index contributed by atoms with van der Waals surface area (Å²) in [6.07, 6.45) is 4.73. The van der Waals surface area contributed by atoms with Crippen LogP contribution in [0.25, 0.3) is 0 Å². The molecule has 1 aliphatic heterocycles. The van der Waals surface area contributed by atoms with Crippen molar-refractivity contribution in [2.45, 2.75) is 50.0 Å². The van der Waals surface area contributed by atoms with Crippen molar-refractivity contribution in [2.75, 3.05) is 18.4 Å². The molecular weight excluding hydrogens is 414 g/mol. The van der Waals surface area contributed by atoms with Gasteiger partial charge >= 0.3 is 0 Å². The molecule has 2 aliphatic rings. The van der Waals surface area contributed by atoms with Crippen LogP contribution in [0.1, 0.15) is 58.4 Å². The highest BCUT2D eigenvalue weighted by atomic mass is 32.2. The van der Waals surface area contributed by atoms with E-state index in [0.29, 0.717) is 35.5 Å². The number of anilines is 1. The summed E-state index contributed by atoms with van der Waals surface area (Å²) in [6.45, 7) is 2.78. The lowest BCUT2D eigenvalue weighted by molar-refractivity contribution is 0.0949. The maximum absolute atomic E-state index is 13.0. The fourth-order valence-corrected chi connectivity index (χ4v) is 5.24. The van der Waals surface area contributed by atoms with Gasteiger partial charge in [0.05, 0.1) is 4.90 Å². The number of benzene rings is 2. The van der Waals surface area contributed by atoms with Gasteiger partial charge in [-0.25, -0.2) is 8.42 Å². The van der Waals surface area contributed by atoms with Gasteiger partial charge in [0.1, 0.15) is 0 Å². The summed E-state index contributed by atoms with van der Waals surface area (Å²) < 4.78 is 27.5. The van der Waals surface area contributed by atoms with Crippen molar-refractivity contribution in [3.8, 4) is 0 Å². The molecule has 2 N–H and O–H groups in total. The van der Waals surface area contributed by atoms with Crippen LogP contribution < -0.4 is 10.6 Å². The Morgan fingerprint density at radius 1 is 0.968 bits per heavy atom. The van der Waals surface area contributed by atoms with Crippen LogP contribution in [-0.2, 0) is 10.0 Å². The highest BCUT2D eigenvalue weighted by molar-refractivity contribution is 7.89. The summed E-state index contributed by atoms with van der Waals surface area (Å²) >= 11 is 0. The Balaban J connectivity index is 1.53. The van der Waals surface area contributed by atoms with E-state index in [4.69, 9.17) is 0 Å². The van der Waals surface area contributed by atoms with Gasteiger partial charge in [-0.15, -0.1) is 0 Å². The zero-order valence-electron chi connectivity index (χ0n) is 17.6. The van der Waals surface area contributed by atoms with Gasteiger partial charge in [0.15, 0.2) is 0 Å². The molecule has 4 rings (SSSR count). The molecule has 1 saturated heterocycles. The van der Waals surface area contributed by atoms with E-state index in [-0.39, 0.29) is 16.8 Å². The number of carbonyl (C=O) groups is 2. The number of nitrogens with one attached hydrogen (secondary N) is 2. The van der Waals surface area contributed by atoms with Gasteiger partial charge in [-0.05, 0) is 68.5 Å². The lowest BCUT2D eigenvalue weighted by Crippen LogP contribution is -2.35. The molecule has 0 radical (unpaired) electrons. The van der Waals surface area contributed by atoms with E-state index in [9.17, 15) is 18.0 Å². The second-order valence-corrected chi connectivity index (χ2v) is 10.2. The molecule has 1 saturated carbocycles. The Hall–Kier alpha value is -2.71. The SMILES string of the molecule is Cc1ccc(S(=O)(=O)N2CCCCC2)cc1C(=O)Nc1cccc(C(=O)NC2CC2)c1. The third kappa shape index (κ3) is 4.97. The van der Waals surface area contributed by atoms with E-state index in [1.165, 1.54) is 10.4 Å². The summed E-state index contributed by atoms with van der Waals surface area (Å²) in [5.41, 5.74) is 1.93. The smallest absolute Gasteiger partial charge is 0.255 e. The van der Waals surface area contributed by atoms with E-state index in [1.807, 2.05) is 0 Å². The summed E-state index contributed by atoms with van der Waals surface area (Å²) in [5, 5.41) is 5.72. The lowest BCUT2D eigenvalue weighted by Gasteiger charge is -2.26. The van der Waals surface area contributed by atoms with Gasteiger partial charge in [0.25, 0.3) is 11.8 Å². The average Bonchev–Trinajstić information content (AvgIpc) is 3.58. The molecule has 0 aromatic heterocycles. The van der Waals surface area contributed by atoms with Crippen molar-refractivity contribution < 1.29 is 18.0 Å². The molecule has 0 bridgehead atoms. The van der Waals surface area contributed by atoms with Crippen LogP contribution in [0.5, 0.6) is 0 Å². The quantitative estimate of drug-likeness (QED) is 0.719. The fourth-order valence-electron chi connectivity index (χ4n) is 3.69. The monoisotopic (exact) mass is 441 g/mol. The molecular formula is C23H27N3O4S. The van der Waals surface area contributed by atoms with Crippen molar-refractivity contribution in [2.24, 2.45) is 0 Å². The minimum absolute atomic E-state index is 0.128. The van der Waals surface area contributed by atoms with Crippen LogP contribution in [0.2, 0.25) is 0 Å². The minimum Gasteiger partial charge on any atom is -0.349 e. The number of rotatable bonds is 6. The largest absolute Gasteiger partial charge is 0.349 e. The van der Waals surface area contributed by atoms with E-state index < -0.39 is 15.9 Å². The van der Waals surface area contributed by atoms with Crippen LogP contribution in [0.3, 0.4) is 0 Å². The van der Waals surface area contributed by atoms with Crippen LogP contribution in [-0.4, -0.2) is 43.7 Å². The summed E-state index contributed by atoms with van der Waals surface area (Å²) in [5.74, 6) is -0.572. The Labute approximate surface area is 182 Å². The number of hydrogen-bond acceptors (Lipinski definition) is 4. The van der Waals surface area contributed by atoms with E-state index in [1.54, 1.807) is 43.3 Å². The molecule has 2 amide bonds. The summed E-state index contributed by atoms with van der Waals surface area (Å²) in [7, 11) is -3.63. The predicted octanol–water partition coefficient (Wildman–Crippen LogP) is 3.31. The number of sulfonamides is 1. The molecule has 7 nitrogen and oxygen atoms in total. The van der Waals surface area contributed by atoms with Crippen LogP contribution in [0.15, 0.2) is 47.4 Å². The molecule has 0 spiro atoms. The number of amides is 2.